The van der Waals surface area contributed by atoms with Gasteiger partial charge in [0.1, 0.15) is 11.5 Å². The van der Waals surface area contributed by atoms with E-state index in [2.05, 4.69) is 11.4 Å². The number of aryl methyl sites for hydroxylation is 1. The standard InChI is InChI=1S/C27H30N2O3S/c1-31-19-9-7-8-18(16-19)17-28-27(30)29-15-14-21-20-10-4-6-13-24(20)33-26(21)25(29)22-11-3-5-12-23(22)32-2/h3,5,7-9,11-12,16,25H,4,6,10,13-15,17H2,1-2H3,(H,28,30). The average Bonchev–Trinajstić information content (AvgIpc) is 3.25. The molecule has 0 saturated carbocycles. The number of fused-ring (bicyclic) bond motifs is 3. The lowest BCUT2D eigenvalue weighted by Crippen LogP contribution is -2.45. The van der Waals surface area contributed by atoms with Gasteiger partial charge in [-0.2, -0.15) is 0 Å². The summed E-state index contributed by atoms with van der Waals surface area (Å²) in [6, 6.07) is 15.7. The maximum Gasteiger partial charge on any atom is 0.318 e. The smallest absolute Gasteiger partial charge is 0.318 e. The summed E-state index contributed by atoms with van der Waals surface area (Å²) >= 11 is 1.91. The molecule has 1 aliphatic carbocycles. The Hall–Kier alpha value is -2.99. The fraction of sp³-hybridized carbons (Fsp3) is 0.370. The molecule has 1 unspecified atom stereocenters. The van der Waals surface area contributed by atoms with Crippen LogP contribution in [-0.2, 0) is 25.8 Å². The Bertz CT molecular complexity index is 1160. The van der Waals surface area contributed by atoms with Crippen molar-refractivity contribution in [3.05, 3.63) is 80.5 Å². The van der Waals surface area contributed by atoms with Gasteiger partial charge < -0.3 is 19.7 Å². The number of thiophene rings is 1. The van der Waals surface area contributed by atoms with E-state index in [9.17, 15) is 4.79 Å². The first-order valence-corrected chi connectivity index (χ1v) is 12.4. The summed E-state index contributed by atoms with van der Waals surface area (Å²) in [6.07, 6.45) is 5.77. The van der Waals surface area contributed by atoms with Crippen LogP contribution in [0.5, 0.6) is 11.5 Å². The van der Waals surface area contributed by atoms with Crippen LogP contribution in [0.15, 0.2) is 48.5 Å². The lowest BCUT2D eigenvalue weighted by molar-refractivity contribution is 0.179. The van der Waals surface area contributed by atoms with E-state index in [1.807, 2.05) is 58.7 Å². The fourth-order valence-corrected chi connectivity index (χ4v) is 6.71. The van der Waals surface area contributed by atoms with Crippen molar-refractivity contribution in [1.82, 2.24) is 10.2 Å². The minimum absolute atomic E-state index is 0.0502. The summed E-state index contributed by atoms with van der Waals surface area (Å²) in [4.78, 5) is 18.3. The van der Waals surface area contributed by atoms with Crippen LogP contribution in [0.4, 0.5) is 4.79 Å². The van der Waals surface area contributed by atoms with Crippen molar-refractivity contribution in [3.8, 4) is 11.5 Å². The summed E-state index contributed by atoms with van der Waals surface area (Å²) in [5, 5.41) is 3.14. The second-order valence-corrected chi connectivity index (χ2v) is 9.79. The molecule has 0 spiro atoms. The molecule has 2 amide bonds. The Morgan fingerprint density at radius 1 is 1.03 bits per heavy atom. The van der Waals surface area contributed by atoms with E-state index in [0.717, 1.165) is 35.5 Å². The zero-order chi connectivity index (χ0) is 22.8. The first-order valence-electron chi connectivity index (χ1n) is 11.6. The predicted molar refractivity (Wildman–Crippen MR) is 131 cm³/mol. The van der Waals surface area contributed by atoms with Crippen molar-refractivity contribution in [3.63, 3.8) is 0 Å². The molecule has 0 bridgehead atoms. The van der Waals surface area contributed by atoms with Crippen LogP contribution in [0, 0.1) is 0 Å². The van der Waals surface area contributed by atoms with Crippen molar-refractivity contribution in [2.24, 2.45) is 0 Å². The Balaban J connectivity index is 1.48. The van der Waals surface area contributed by atoms with E-state index in [-0.39, 0.29) is 12.1 Å². The number of rotatable bonds is 5. The molecule has 1 aromatic heterocycles. The molecule has 0 fully saturated rings. The number of ether oxygens (including phenoxy) is 2. The molecule has 2 aliphatic rings. The van der Waals surface area contributed by atoms with E-state index >= 15 is 0 Å². The van der Waals surface area contributed by atoms with Gasteiger partial charge in [-0.15, -0.1) is 11.3 Å². The molecule has 1 N–H and O–H groups in total. The molecular formula is C27H30N2O3S. The normalized spacial score (nSPS) is 17.2. The first kappa shape index (κ1) is 21.8. The minimum atomic E-state index is -0.134. The molecule has 3 aromatic rings. The summed E-state index contributed by atoms with van der Waals surface area (Å²) in [7, 11) is 3.36. The molecular weight excluding hydrogens is 432 g/mol. The van der Waals surface area contributed by atoms with Gasteiger partial charge in [0.05, 0.1) is 20.3 Å². The number of nitrogens with zero attached hydrogens (tertiary/aromatic N) is 1. The summed E-state index contributed by atoms with van der Waals surface area (Å²) < 4.78 is 11.1. The van der Waals surface area contributed by atoms with Gasteiger partial charge in [-0.05, 0) is 67.0 Å². The Morgan fingerprint density at radius 2 is 1.88 bits per heavy atom. The number of benzene rings is 2. The molecule has 1 atom stereocenters. The summed E-state index contributed by atoms with van der Waals surface area (Å²) in [5.74, 6) is 1.62. The maximum atomic E-state index is 13.5. The fourth-order valence-electron chi connectivity index (χ4n) is 5.13. The quantitative estimate of drug-likeness (QED) is 0.545. The number of amides is 2. The molecule has 33 heavy (non-hydrogen) atoms. The van der Waals surface area contributed by atoms with Crippen LogP contribution in [0.1, 0.15) is 50.9 Å². The zero-order valence-corrected chi connectivity index (χ0v) is 20.0. The highest BCUT2D eigenvalue weighted by atomic mass is 32.1. The third-order valence-corrected chi connectivity index (χ3v) is 8.13. The first-order chi connectivity index (χ1) is 16.2. The predicted octanol–water partition coefficient (Wildman–Crippen LogP) is 5.50. The number of para-hydroxylation sites is 1. The topological polar surface area (TPSA) is 50.8 Å². The number of urea groups is 1. The monoisotopic (exact) mass is 462 g/mol. The van der Waals surface area contributed by atoms with E-state index in [4.69, 9.17) is 9.47 Å². The van der Waals surface area contributed by atoms with Gasteiger partial charge in [0.15, 0.2) is 0 Å². The molecule has 1 aliphatic heterocycles. The molecule has 2 aromatic carbocycles. The van der Waals surface area contributed by atoms with Gasteiger partial charge in [-0.3, -0.25) is 0 Å². The largest absolute Gasteiger partial charge is 0.497 e. The second kappa shape index (κ2) is 9.48. The van der Waals surface area contributed by atoms with Crippen LogP contribution in [0.2, 0.25) is 0 Å². The molecule has 5 nitrogen and oxygen atoms in total. The Labute approximate surface area is 199 Å². The highest BCUT2D eigenvalue weighted by Crippen LogP contribution is 2.46. The van der Waals surface area contributed by atoms with Gasteiger partial charge in [0, 0.05) is 28.4 Å². The van der Waals surface area contributed by atoms with Crippen LogP contribution in [0.3, 0.4) is 0 Å². The van der Waals surface area contributed by atoms with Gasteiger partial charge in [-0.25, -0.2) is 4.79 Å². The van der Waals surface area contributed by atoms with Crippen molar-refractivity contribution in [2.75, 3.05) is 20.8 Å². The average molecular weight is 463 g/mol. The molecule has 172 valence electrons. The highest BCUT2D eigenvalue weighted by Gasteiger charge is 2.37. The van der Waals surface area contributed by atoms with Crippen molar-refractivity contribution < 1.29 is 14.3 Å². The number of carbonyl (C=O) groups excluding carboxylic acids is 1. The molecule has 5 rings (SSSR count). The van der Waals surface area contributed by atoms with E-state index < -0.39 is 0 Å². The van der Waals surface area contributed by atoms with Crippen LogP contribution in [-0.4, -0.2) is 31.7 Å². The van der Waals surface area contributed by atoms with Crippen LogP contribution >= 0.6 is 11.3 Å². The third kappa shape index (κ3) is 4.20. The Morgan fingerprint density at radius 3 is 2.73 bits per heavy atom. The highest BCUT2D eigenvalue weighted by molar-refractivity contribution is 7.12. The van der Waals surface area contributed by atoms with E-state index in [1.54, 1.807) is 19.8 Å². The van der Waals surface area contributed by atoms with Gasteiger partial charge in [-0.1, -0.05) is 30.3 Å². The summed E-state index contributed by atoms with van der Waals surface area (Å²) in [5.41, 5.74) is 5.09. The van der Waals surface area contributed by atoms with Gasteiger partial charge in [0.2, 0.25) is 0 Å². The number of nitrogens with one attached hydrogen (secondary N) is 1. The van der Waals surface area contributed by atoms with Gasteiger partial charge >= 0.3 is 6.03 Å². The Kier molecular flexibility index (Phi) is 6.27. The lowest BCUT2D eigenvalue weighted by Gasteiger charge is -2.37. The zero-order valence-electron chi connectivity index (χ0n) is 19.2. The SMILES string of the molecule is COc1cccc(CNC(=O)N2CCc3c(sc4c3CCCC4)C2c2ccccc2OC)c1. The number of methoxy groups -OCH3 is 2. The van der Waals surface area contributed by atoms with Crippen molar-refractivity contribution in [1.29, 1.82) is 0 Å². The minimum Gasteiger partial charge on any atom is -0.497 e. The lowest BCUT2D eigenvalue weighted by atomic mass is 9.88. The molecule has 6 heteroatoms. The third-order valence-electron chi connectivity index (χ3n) is 6.75. The number of carbonyl (C=O) groups is 1. The molecule has 0 radical (unpaired) electrons. The van der Waals surface area contributed by atoms with Crippen LogP contribution < -0.4 is 14.8 Å². The summed E-state index contributed by atoms with van der Waals surface area (Å²) in [6.45, 7) is 1.15. The van der Waals surface area contributed by atoms with Crippen molar-refractivity contribution in [2.45, 2.75) is 44.7 Å². The molecule has 2 heterocycles. The van der Waals surface area contributed by atoms with Crippen LogP contribution in [0.25, 0.3) is 0 Å². The number of hydrogen-bond donors (Lipinski definition) is 1. The molecule has 0 saturated heterocycles. The van der Waals surface area contributed by atoms with Gasteiger partial charge in [0.25, 0.3) is 0 Å². The van der Waals surface area contributed by atoms with E-state index in [1.165, 1.54) is 34.6 Å². The number of hydrogen-bond acceptors (Lipinski definition) is 4. The van der Waals surface area contributed by atoms with E-state index in [0.29, 0.717) is 13.1 Å². The maximum absolute atomic E-state index is 13.5. The van der Waals surface area contributed by atoms with Crippen molar-refractivity contribution >= 4 is 17.4 Å². The second-order valence-electron chi connectivity index (χ2n) is 8.65.